The molecule has 1 heterocycles. The van der Waals surface area contributed by atoms with Gasteiger partial charge in [0.05, 0.1) is 6.10 Å². The van der Waals surface area contributed by atoms with E-state index in [-0.39, 0.29) is 24.4 Å². The highest BCUT2D eigenvalue weighted by molar-refractivity contribution is 5.91. The van der Waals surface area contributed by atoms with Gasteiger partial charge in [-0.15, -0.1) is 12.4 Å². The molecule has 1 fully saturated rings. The van der Waals surface area contributed by atoms with Gasteiger partial charge in [-0.05, 0) is 44.4 Å². The summed E-state index contributed by atoms with van der Waals surface area (Å²) in [6.07, 6.45) is 5.07. The van der Waals surface area contributed by atoms with Crippen LogP contribution in [-0.4, -0.2) is 25.7 Å². The molecule has 1 unspecified atom stereocenters. The number of hydrogen-bond donors (Lipinski definition) is 2. The van der Waals surface area contributed by atoms with Crippen molar-refractivity contribution in [2.75, 3.05) is 19.0 Å². The van der Waals surface area contributed by atoms with E-state index in [2.05, 4.69) is 10.6 Å². The molecule has 1 aromatic rings. The largest absolute Gasteiger partial charge is 0.378 e. The van der Waals surface area contributed by atoms with E-state index in [1.54, 1.807) is 0 Å². The second-order valence-electron chi connectivity index (χ2n) is 5.26. The molecule has 4 nitrogen and oxygen atoms in total. The lowest BCUT2D eigenvalue weighted by atomic mass is 10.0. The first-order valence-corrected chi connectivity index (χ1v) is 7.43. The molecule has 1 aliphatic rings. The van der Waals surface area contributed by atoms with Crippen molar-refractivity contribution >= 4 is 24.0 Å². The summed E-state index contributed by atoms with van der Waals surface area (Å²) < 4.78 is 5.65. The van der Waals surface area contributed by atoms with Gasteiger partial charge in [0.25, 0.3) is 0 Å². The van der Waals surface area contributed by atoms with Gasteiger partial charge < -0.3 is 15.4 Å². The van der Waals surface area contributed by atoms with Crippen molar-refractivity contribution in [3.05, 3.63) is 29.8 Å². The third kappa shape index (κ3) is 6.04. The fourth-order valence-corrected chi connectivity index (χ4v) is 2.53. The number of rotatable bonds is 6. The Balaban J connectivity index is 0.00000220. The maximum absolute atomic E-state index is 12.0. The molecule has 21 heavy (non-hydrogen) atoms. The Labute approximate surface area is 133 Å². The first kappa shape index (κ1) is 18.0. The van der Waals surface area contributed by atoms with Crippen LogP contribution in [0.3, 0.4) is 0 Å². The highest BCUT2D eigenvalue weighted by atomic mass is 35.5. The molecule has 0 bridgehead atoms. The quantitative estimate of drug-likeness (QED) is 0.848. The van der Waals surface area contributed by atoms with Gasteiger partial charge in [0, 0.05) is 25.3 Å². The van der Waals surface area contributed by atoms with Crippen LogP contribution in [-0.2, 0) is 16.1 Å². The number of carbonyl (C=O) groups is 1. The smallest absolute Gasteiger partial charge is 0.224 e. The summed E-state index contributed by atoms with van der Waals surface area (Å²) in [4.78, 5) is 12.0. The lowest BCUT2D eigenvalue weighted by molar-refractivity contribution is -0.117. The van der Waals surface area contributed by atoms with Crippen molar-refractivity contribution in [2.24, 2.45) is 0 Å². The molecule has 2 N–H and O–H groups in total. The molecule has 1 atom stereocenters. The number of carbonyl (C=O) groups excluding carboxylic acids is 1. The number of benzene rings is 1. The number of nitrogens with one attached hydrogen (secondary N) is 2. The zero-order valence-electron chi connectivity index (χ0n) is 12.6. The van der Waals surface area contributed by atoms with Crippen LogP contribution >= 0.6 is 12.4 Å². The summed E-state index contributed by atoms with van der Waals surface area (Å²) in [6, 6.07) is 7.90. The van der Waals surface area contributed by atoms with E-state index >= 15 is 0 Å². The van der Waals surface area contributed by atoms with E-state index in [0.717, 1.165) is 43.7 Å². The molecule has 1 aliphatic heterocycles. The Morgan fingerprint density at radius 3 is 2.86 bits per heavy atom. The normalized spacial score (nSPS) is 17.9. The fourth-order valence-electron chi connectivity index (χ4n) is 2.53. The second-order valence-corrected chi connectivity index (χ2v) is 5.26. The predicted octanol–water partition coefficient (Wildman–Crippen LogP) is 3.12. The van der Waals surface area contributed by atoms with Crippen LogP contribution in [0, 0.1) is 0 Å². The zero-order valence-corrected chi connectivity index (χ0v) is 13.4. The van der Waals surface area contributed by atoms with Crippen LogP contribution < -0.4 is 10.6 Å². The average Bonchev–Trinajstić information content (AvgIpc) is 2.49. The van der Waals surface area contributed by atoms with Gasteiger partial charge in [0.2, 0.25) is 5.91 Å². The van der Waals surface area contributed by atoms with Gasteiger partial charge in [-0.3, -0.25) is 4.79 Å². The molecule has 5 heteroatoms. The second kappa shape index (κ2) is 9.77. The zero-order chi connectivity index (χ0) is 14.2. The van der Waals surface area contributed by atoms with E-state index < -0.39 is 0 Å². The minimum atomic E-state index is 0. The van der Waals surface area contributed by atoms with Crippen LogP contribution in [0.1, 0.15) is 37.7 Å². The van der Waals surface area contributed by atoms with E-state index in [9.17, 15) is 4.79 Å². The Morgan fingerprint density at radius 2 is 2.14 bits per heavy atom. The Hall–Kier alpha value is -1.10. The van der Waals surface area contributed by atoms with Crippen molar-refractivity contribution in [3.63, 3.8) is 0 Å². The summed E-state index contributed by atoms with van der Waals surface area (Å²) in [5, 5.41) is 6.11. The third-order valence-electron chi connectivity index (χ3n) is 3.63. The summed E-state index contributed by atoms with van der Waals surface area (Å²) in [5.74, 6) is 0.0720. The minimum absolute atomic E-state index is 0. The molecule has 0 saturated carbocycles. The van der Waals surface area contributed by atoms with Crippen molar-refractivity contribution < 1.29 is 9.53 Å². The van der Waals surface area contributed by atoms with Crippen LogP contribution in [0.25, 0.3) is 0 Å². The molecule has 0 spiro atoms. The molecule has 0 aromatic heterocycles. The van der Waals surface area contributed by atoms with Crippen molar-refractivity contribution in [2.45, 2.75) is 44.8 Å². The SMILES string of the molecule is CNCc1ccccc1NC(=O)CCC1CCCCO1.Cl. The number of amides is 1. The van der Waals surface area contributed by atoms with Crippen LogP contribution in [0.2, 0.25) is 0 Å². The molecule has 1 amide bonds. The molecule has 1 aromatic carbocycles. The number of para-hydroxylation sites is 1. The number of halogens is 1. The van der Waals surface area contributed by atoms with E-state index in [4.69, 9.17) is 4.74 Å². The van der Waals surface area contributed by atoms with Crippen LogP contribution in [0.15, 0.2) is 24.3 Å². The Bertz CT molecular complexity index is 434. The van der Waals surface area contributed by atoms with Gasteiger partial charge in [-0.2, -0.15) is 0 Å². The molecule has 118 valence electrons. The highest BCUT2D eigenvalue weighted by Crippen LogP contribution is 2.18. The van der Waals surface area contributed by atoms with E-state index in [1.165, 1.54) is 6.42 Å². The highest BCUT2D eigenvalue weighted by Gasteiger charge is 2.15. The van der Waals surface area contributed by atoms with Crippen molar-refractivity contribution in [3.8, 4) is 0 Å². The first-order valence-electron chi connectivity index (χ1n) is 7.43. The Kier molecular flexibility index (Phi) is 8.35. The topological polar surface area (TPSA) is 50.4 Å². The maximum atomic E-state index is 12.0. The third-order valence-corrected chi connectivity index (χ3v) is 3.63. The standard InChI is InChI=1S/C16H24N2O2.ClH/c1-17-12-13-6-2-3-8-15(13)18-16(19)10-9-14-7-4-5-11-20-14;/h2-3,6,8,14,17H,4-5,7,9-12H2,1H3,(H,18,19);1H. The minimum Gasteiger partial charge on any atom is -0.378 e. The van der Waals surface area contributed by atoms with E-state index in [0.29, 0.717) is 6.42 Å². The Morgan fingerprint density at radius 1 is 1.33 bits per heavy atom. The van der Waals surface area contributed by atoms with Gasteiger partial charge in [0.15, 0.2) is 0 Å². The monoisotopic (exact) mass is 312 g/mol. The molecule has 0 aliphatic carbocycles. The first-order chi connectivity index (χ1) is 9.79. The van der Waals surface area contributed by atoms with Gasteiger partial charge in [-0.1, -0.05) is 18.2 Å². The fraction of sp³-hybridized carbons (Fsp3) is 0.562. The van der Waals surface area contributed by atoms with Crippen molar-refractivity contribution in [1.29, 1.82) is 0 Å². The molecule has 2 rings (SSSR count). The summed E-state index contributed by atoms with van der Waals surface area (Å²) in [6.45, 7) is 1.60. The molecular formula is C16H25ClN2O2. The number of anilines is 1. The van der Waals surface area contributed by atoms with Crippen LogP contribution in [0.5, 0.6) is 0 Å². The lowest BCUT2D eigenvalue weighted by Gasteiger charge is -2.22. The van der Waals surface area contributed by atoms with Gasteiger partial charge in [-0.25, -0.2) is 0 Å². The van der Waals surface area contributed by atoms with Gasteiger partial charge >= 0.3 is 0 Å². The van der Waals surface area contributed by atoms with Gasteiger partial charge in [0.1, 0.15) is 0 Å². The summed E-state index contributed by atoms with van der Waals surface area (Å²) in [7, 11) is 1.90. The molecular weight excluding hydrogens is 288 g/mol. The lowest BCUT2D eigenvalue weighted by Crippen LogP contribution is -2.22. The predicted molar refractivity (Wildman–Crippen MR) is 87.9 cm³/mol. The average molecular weight is 313 g/mol. The summed E-state index contributed by atoms with van der Waals surface area (Å²) >= 11 is 0. The van der Waals surface area contributed by atoms with E-state index in [1.807, 2.05) is 31.3 Å². The number of ether oxygens (including phenoxy) is 1. The summed E-state index contributed by atoms with van der Waals surface area (Å²) in [5.41, 5.74) is 2.01. The van der Waals surface area contributed by atoms with Crippen molar-refractivity contribution in [1.82, 2.24) is 5.32 Å². The molecule has 0 radical (unpaired) electrons. The van der Waals surface area contributed by atoms with Crippen LogP contribution in [0.4, 0.5) is 5.69 Å². The number of hydrogen-bond acceptors (Lipinski definition) is 3. The maximum Gasteiger partial charge on any atom is 0.224 e. The molecule has 1 saturated heterocycles.